The van der Waals surface area contributed by atoms with Gasteiger partial charge in [0.1, 0.15) is 17.0 Å². The van der Waals surface area contributed by atoms with E-state index in [9.17, 15) is 18.3 Å². The van der Waals surface area contributed by atoms with Crippen LogP contribution in [0.1, 0.15) is 23.2 Å². The molecule has 0 radical (unpaired) electrons. The number of sulfonamides is 1. The Kier molecular flexibility index (Phi) is 4.87. The number of fused-ring (bicyclic) bond motifs is 2. The zero-order valence-electron chi connectivity index (χ0n) is 17.2. The average Bonchev–Trinajstić information content (AvgIpc) is 3.47. The average molecular weight is 452 g/mol. The van der Waals surface area contributed by atoms with Gasteiger partial charge >= 0.3 is 5.97 Å². The minimum atomic E-state index is -3.68. The molecule has 2 aromatic heterocycles. The Morgan fingerprint density at radius 1 is 1.09 bits per heavy atom. The van der Waals surface area contributed by atoms with Crippen molar-refractivity contribution in [3.8, 4) is 17.2 Å². The molecule has 164 valence electrons. The van der Waals surface area contributed by atoms with Crippen molar-refractivity contribution < 1.29 is 27.5 Å². The number of carboxylic acids is 1. The summed E-state index contributed by atoms with van der Waals surface area (Å²) in [4.78, 5) is 16.7. The Morgan fingerprint density at radius 2 is 1.88 bits per heavy atom. The van der Waals surface area contributed by atoms with E-state index in [4.69, 9.17) is 9.15 Å². The maximum atomic E-state index is 12.9. The Bertz CT molecular complexity index is 1470. The maximum Gasteiger partial charge on any atom is 0.336 e. The SMILES string of the molecule is COc1ccc2oc(-c3cc(C(=O)O)c4cc(S(=O)(=O)N5CCCC5)ccc4n3)cc2c1. The number of furan rings is 1. The molecule has 0 aliphatic carbocycles. The number of nitrogens with zero attached hydrogens (tertiary/aromatic N) is 2. The maximum absolute atomic E-state index is 12.9. The lowest BCUT2D eigenvalue weighted by Crippen LogP contribution is -2.27. The van der Waals surface area contributed by atoms with E-state index >= 15 is 0 Å². The molecular weight excluding hydrogens is 432 g/mol. The number of methoxy groups -OCH3 is 1. The van der Waals surface area contributed by atoms with Crippen molar-refractivity contribution in [1.82, 2.24) is 9.29 Å². The number of carboxylic acid groups (broad SMARTS) is 1. The molecule has 0 bridgehead atoms. The van der Waals surface area contributed by atoms with Crippen LogP contribution in [-0.2, 0) is 10.0 Å². The molecule has 0 saturated carbocycles. The van der Waals surface area contributed by atoms with Gasteiger partial charge in [0.05, 0.1) is 23.1 Å². The smallest absolute Gasteiger partial charge is 0.336 e. The summed E-state index contributed by atoms with van der Waals surface area (Å²) >= 11 is 0. The van der Waals surface area contributed by atoms with Crippen LogP contribution in [-0.4, -0.2) is 49.0 Å². The van der Waals surface area contributed by atoms with Crippen molar-refractivity contribution in [3.05, 3.63) is 54.1 Å². The molecule has 0 unspecified atom stereocenters. The summed E-state index contributed by atoms with van der Waals surface area (Å²) in [5.74, 6) is -0.0899. The lowest BCUT2D eigenvalue weighted by Gasteiger charge is -2.16. The van der Waals surface area contributed by atoms with Crippen molar-refractivity contribution in [1.29, 1.82) is 0 Å². The molecule has 1 aliphatic rings. The summed E-state index contributed by atoms with van der Waals surface area (Å²) in [6.07, 6.45) is 1.64. The van der Waals surface area contributed by atoms with Gasteiger partial charge in [-0.2, -0.15) is 4.31 Å². The van der Waals surface area contributed by atoms with Gasteiger partial charge in [-0.15, -0.1) is 0 Å². The molecule has 1 fully saturated rings. The van der Waals surface area contributed by atoms with Gasteiger partial charge < -0.3 is 14.3 Å². The highest BCUT2D eigenvalue weighted by molar-refractivity contribution is 7.89. The Balaban J connectivity index is 1.64. The fraction of sp³-hybridized carbons (Fsp3) is 0.217. The molecule has 0 atom stereocenters. The number of pyridine rings is 1. The first-order valence-electron chi connectivity index (χ1n) is 10.1. The normalized spacial score (nSPS) is 14.9. The molecule has 2 aromatic carbocycles. The molecular formula is C23H20N2O6S. The molecule has 5 rings (SSSR count). The van der Waals surface area contributed by atoms with Gasteiger partial charge in [-0.05, 0) is 61.4 Å². The molecule has 0 amide bonds. The predicted molar refractivity (Wildman–Crippen MR) is 118 cm³/mol. The lowest BCUT2D eigenvalue weighted by molar-refractivity contribution is 0.0699. The fourth-order valence-corrected chi connectivity index (χ4v) is 5.56. The van der Waals surface area contributed by atoms with Gasteiger partial charge in [0.2, 0.25) is 10.0 Å². The molecule has 1 aliphatic heterocycles. The van der Waals surface area contributed by atoms with Crippen LogP contribution in [0.15, 0.2) is 57.8 Å². The van der Waals surface area contributed by atoms with Crippen LogP contribution in [0.3, 0.4) is 0 Å². The van der Waals surface area contributed by atoms with E-state index in [0.717, 1.165) is 18.2 Å². The standard InChI is InChI=1S/C23H20N2O6S/c1-30-15-4-7-21-14(10-15)11-22(31-21)20-13-18(23(26)27)17-12-16(5-6-19(17)24-20)32(28,29)25-8-2-3-9-25/h4-7,10-13H,2-3,8-9H2,1H3,(H,26,27). The summed E-state index contributed by atoms with van der Waals surface area (Å²) in [6.45, 7) is 0.945. The summed E-state index contributed by atoms with van der Waals surface area (Å²) in [5, 5.41) is 10.9. The molecule has 8 nitrogen and oxygen atoms in total. The minimum Gasteiger partial charge on any atom is -0.497 e. The van der Waals surface area contributed by atoms with Gasteiger partial charge in [0.15, 0.2) is 5.76 Å². The number of benzene rings is 2. The Labute approximate surface area is 184 Å². The van der Waals surface area contributed by atoms with Crippen molar-refractivity contribution >= 4 is 37.9 Å². The molecule has 1 N–H and O–H groups in total. The van der Waals surface area contributed by atoms with Gasteiger partial charge in [-0.1, -0.05) is 0 Å². The van der Waals surface area contributed by atoms with Crippen molar-refractivity contribution in [2.75, 3.05) is 20.2 Å². The first-order chi connectivity index (χ1) is 15.4. The predicted octanol–water partition coefficient (Wildman–Crippen LogP) is 4.14. The van der Waals surface area contributed by atoms with E-state index in [0.29, 0.717) is 41.4 Å². The second-order valence-corrected chi connectivity index (χ2v) is 9.60. The summed E-state index contributed by atoms with van der Waals surface area (Å²) in [7, 11) is -2.10. The summed E-state index contributed by atoms with van der Waals surface area (Å²) in [6, 6.07) is 12.9. The monoisotopic (exact) mass is 452 g/mol. The minimum absolute atomic E-state index is 0.0403. The molecule has 4 aromatic rings. The number of rotatable bonds is 5. The molecule has 1 saturated heterocycles. The van der Waals surface area contributed by atoms with Gasteiger partial charge in [0, 0.05) is 23.9 Å². The fourth-order valence-electron chi connectivity index (χ4n) is 4.02. The van der Waals surface area contributed by atoms with Gasteiger partial charge in [0.25, 0.3) is 0 Å². The van der Waals surface area contributed by atoms with E-state index in [1.165, 1.54) is 22.5 Å². The third-order valence-corrected chi connectivity index (χ3v) is 7.58. The summed E-state index contributed by atoms with van der Waals surface area (Å²) in [5.41, 5.74) is 1.30. The molecule has 3 heterocycles. The Hall–Kier alpha value is -3.43. The van der Waals surface area contributed by atoms with Crippen LogP contribution in [0.5, 0.6) is 5.75 Å². The third kappa shape index (κ3) is 3.39. The third-order valence-electron chi connectivity index (χ3n) is 5.69. The Morgan fingerprint density at radius 3 is 2.59 bits per heavy atom. The number of hydrogen-bond donors (Lipinski definition) is 1. The second kappa shape index (κ2) is 7.61. The summed E-state index contributed by atoms with van der Waals surface area (Å²) < 4.78 is 38.4. The van der Waals surface area contributed by atoms with E-state index in [2.05, 4.69) is 4.98 Å². The van der Waals surface area contributed by atoms with Crippen LogP contribution in [0, 0.1) is 0 Å². The van der Waals surface area contributed by atoms with Crippen molar-refractivity contribution in [2.45, 2.75) is 17.7 Å². The number of aromatic nitrogens is 1. The van der Waals surface area contributed by atoms with E-state index in [-0.39, 0.29) is 15.8 Å². The van der Waals surface area contributed by atoms with Crippen LogP contribution in [0.4, 0.5) is 0 Å². The van der Waals surface area contributed by atoms with Gasteiger partial charge in [-0.25, -0.2) is 18.2 Å². The van der Waals surface area contributed by atoms with Crippen LogP contribution in [0.2, 0.25) is 0 Å². The number of hydrogen-bond acceptors (Lipinski definition) is 6. The first kappa shape index (κ1) is 20.5. The molecule has 0 spiro atoms. The topological polar surface area (TPSA) is 110 Å². The van der Waals surface area contributed by atoms with E-state index in [1.807, 2.05) is 6.07 Å². The second-order valence-electron chi connectivity index (χ2n) is 7.66. The largest absolute Gasteiger partial charge is 0.497 e. The molecule has 9 heteroatoms. The number of ether oxygens (including phenoxy) is 1. The highest BCUT2D eigenvalue weighted by Crippen LogP contribution is 2.33. The highest BCUT2D eigenvalue weighted by Gasteiger charge is 2.28. The quantitative estimate of drug-likeness (QED) is 0.485. The number of carbonyl (C=O) groups is 1. The van der Waals surface area contributed by atoms with E-state index < -0.39 is 16.0 Å². The first-order valence-corrected chi connectivity index (χ1v) is 11.6. The number of aromatic carboxylic acids is 1. The zero-order chi connectivity index (χ0) is 22.5. The molecule has 32 heavy (non-hydrogen) atoms. The van der Waals surface area contributed by atoms with E-state index in [1.54, 1.807) is 31.4 Å². The van der Waals surface area contributed by atoms with Gasteiger partial charge in [-0.3, -0.25) is 0 Å². The highest BCUT2D eigenvalue weighted by atomic mass is 32.2. The van der Waals surface area contributed by atoms with Crippen molar-refractivity contribution in [3.63, 3.8) is 0 Å². The zero-order valence-corrected chi connectivity index (χ0v) is 18.1. The van der Waals surface area contributed by atoms with Crippen LogP contribution >= 0.6 is 0 Å². The van der Waals surface area contributed by atoms with Crippen molar-refractivity contribution in [2.24, 2.45) is 0 Å². The van der Waals surface area contributed by atoms with Crippen LogP contribution in [0.25, 0.3) is 33.3 Å². The van der Waals surface area contributed by atoms with Crippen LogP contribution < -0.4 is 4.74 Å². The lowest BCUT2D eigenvalue weighted by atomic mass is 10.1.